The summed E-state index contributed by atoms with van der Waals surface area (Å²) in [6.07, 6.45) is 6.42. The van der Waals surface area contributed by atoms with Gasteiger partial charge in [0.25, 0.3) is 0 Å². The number of esters is 1. The van der Waals surface area contributed by atoms with Gasteiger partial charge in [0.15, 0.2) is 0 Å². The van der Waals surface area contributed by atoms with Gasteiger partial charge < -0.3 is 10.1 Å². The number of carbonyl (C=O) groups excluding carboxylic acids is 1. The van der Waals surface area contributed by atoms with Crippen LogP contribution in [-0.2, 0) is 16.1 Å². The number of aromatic nitrogens is 1. The number of hydrogen-bond acceptors (Lipinski definition) is 4. The van der Waals surface area contributed by atoms with Crippen LogP contribution >= 0.6 is 0 Å². The lowest BCUT2D eigenvalue weighted by Crippen LogP contribution is -2.37. The van der Waals surface area contributed by atoms with E-state index in [1.54, 1.807) is 12.4 Å². The van der Waals surface area contributed by atoms with Crippen molar-refractivity contribution in [2.45, 2.75) is 38.8 Å². The average Bonchev–Trinajstić information content (AvgIpc) is 2.39. The van der Waals surface area contributed by atoms with Crippen molar-refractivity contribution < 1.29 is 9.53 Å². The second kappa shape index (κ2) is 7.79. The lowest BCUT2D eigenvalue weighted by molar-refractivity contribution is -0.143. The van der Waals surface area contributed by atoms with Gasteiger partial charge in [0.05, 0.1) is 7.11 Å². The first-order valence-electron chi connectivity index (χ1n) is 5.98. The molecule has 4 nitrogen and oxygen atoms in total. The summed E-state index contributed by atoms with van der Waals surface area (Å²) < 4.78 is 4.78. The van der Waals surface area contributed by atoms with Gasteiger partial charge in [-0.1, -0.05) is 25.8 Å². The molecule has 1 heterocycles. The predicted octanol–water partition coefficient (Wildman–Crippen LogP) is 1.90. The number of methoxy groups -OCH3 is 1. The predicted molar refractivity (Wildman–Crippen MR) is 66.4 cm³/mol. The molecule has 0 fully saturated rings. The minimum absolute atomic E-state index is 0.192. The van der Waals surface area contributed by atoms with Crippen LogP contribution in [0, 0.1) is 0 Å². The van der Waals surface area contributed by atoms with E-state index in [0.29, 0.717) is 6.54 Å². The Morgan fingerprint density at radius 2 is 2.41 bits per heavy atom. The van der Waals surface area contributed by atoms with Crippen LogP contribution in [0.1, 0.15) is 31.7 Å². The Morgan fingerprint density at radius 1 is 1.59 bits per heavy atom. The smallest absolute Gasteiger partial charge is 0.322 e. The zero-order chi connectivity index (χ0) is 12.5. The highest BCUT2D eigenvalue weighted by Crippen LogP contribution is 2.04. The molecule has 0 aromatic carbocycles. The van der Waals surface area contributed by atoms with Crippen molar-refractivity contribution in [1.29, 1.82) is 0 Å². The first-order valence-corrected chi connectivity index (χ1v) is 5.98. The molecule has 0 amide bonds. The molecule has 1 atom stereocenters. The quantitative estimate of drug-likeness (QED) is 0.735. The van der Waals surface area contributed by atoms with Crippen molar-refractivity contribution in [3.8, 4) is 0 Å². The van der Waals surface area contributed by atoms with Crippen molar-refractivity contribution in [2.75, 3.05) is 7.11 Å². The van der Waals surface area contributed by atoms with Crippen LogP contribution < -0.4 is 5.32 Å². The highest BCUT2D eigenvalue weighted by atomic mass is 16.5. The summed E-state index contributed by atoms with van der Waals surface area (Å²) in [4.78, 5) is 15.6. The number of carbonyl (C=O) groups is 1. The molecular formula is C13H20N2O2. The lowest BCUT2D eigenvalue weighted by Gasteiger charge is -2.15. The lowest BCUT2D eigenvalue weighted by atomic mass is 10.1. The molecule has 0 spiro atoms. The van der Waals surface area contributed by atoms with E-state index in [1.165, 1.54) is 7.11 Å². The zero-order valence-corrected chi connectivity index (χ0v) is 10.5. The molecular weight excluding hydrogens is 216 g/mol. The van der Waals surface area contributed by atoms with E-state index >= 15 is 0 Å². The Balaban J connectivity index is 2.46. The molecule has 0 bridgehead atoms. The van der Waals surface area contributed by atoms with Crippen molar-refractivity contribution in [2.24, 2.45) is 0 Å². The molecule has 0 aliphatic rings. The standard InChI is InChI=1S/C13H20N2O2/c1-3-4-7-12(13(16)17-2)15-10-11-6-5-8-14-9-11/h5-6,8-9,12,15H,3-4,7,10H2,1-2H3. The monoisotopic (exact) mass is 236 g/mol. The fraction of sp³-hybridized carbons (Fsp3) is 0.538. The molecule has 1 aromatic heterocycles. The average molecular weight is 236 g/mol. The van der Waals surface area contributed by atoms with Crippen LogP contribution in [0.3, 0.4) is 0 Å². The Hall–Kier alpha value is -1.42. The van der Waals surface area contributed by atoms with Crippen molar-refractivity contribution in [1.82, 2.24) is 10.3 Å². The Kier molecular flexibility index (Phi) is 6.25. The second-order valence-electron chi connectivity index (χ2n) is 3.96. The first kappa shape index (κ1) is 13.6. The highest BCUT2D eigenvalue weighted by Gasteiger charge is 2.17. The fourth-order valence-corrected chi connectivity index (χ4v) is 1.60. The minimum atomic E-state index is -0.222. The molecule has 1 rings (SSSR count). The van der Waals surface area contributed by atoms with Crippen LogP contribution in [0.4, 0.5) is 0 Å². The van der Waals surface area contributed by atoms with E-state index < -0.39 is 0 Å². The third-order valence-corrected chi connectivity index (χ3v) is 2.61. The van der Waals surface area contributed by atoms with Gasteiger partial charge in [0, 0.05) is 18.9 Å². The van der Waals surface area contributed by atoms with Crippen LogP contribution in [0.25, 0.3) is 0 Å². The molecule has 94 valence electrons. The van der Waals surface area contributed by atoms with E-state index in [0.717, 1.165) is 24.8 Å². The summed E-state index contributed by atoms with van der Waals surface area (Å²) in [7, 11) is 1.42. The van der Waals surface area contributed by atoms with Gasteiger partial charge in [-0.25, -0.2) is 0 Å². The third-order valence-electron chi connectivity index (χ3n) is 2.61. The largest absolute Gasteiger partial charge is 0.468 e. The minimum Gasteiger partial charge on any atom is -0.468 e. The topological polar surface area (TPSA) is 51.2 Å². The van der Waals surface area contributed by atoms with Crippen molar-refractivity contribution in [3.63, 3.8) is 0 Å². The van der Waals surface area contributed by atoms with Gasteiger partial charge in [-0.3, -0.25) is 9.78 Å². The molecule has 0 radical (unpaired) electrons. The maximum absolute atomic E-state index is 11.5. The maximum Gasteiger partial charge on any atom is 0.322 e. The number of hydrogen-bond donors (Lipinski definition) is 1. The summed E-state index contributed by atoms with van der Waals surface area (Å²) >= 11 is 0. The number of pyridine rings is 1. The molecule has 1 unspecified atom stereocenters. The van der Waals surface area contributed by atoms with Crippen molar-refractivity contribution >= 4 is 5.97 Å². The summed E-state index contributed by atoms with van der Waals surface area (Å²) in [6, 6.07) is 3.64. The van der Waals surface area contributed by atoms with E-state index in [9.17, 15) is 4.79 Å². The third kappa shape index (κ3) is 4.95. The van der Waals surface area contributed by atoms with E-state index in [-0.39, 0.29) is 12.0 Å². The van der Waals surface area contributed by atoms with E-state index in [2.05, 4.69) is 17.2 Å². The van der Waals surface area contributed by atoms with Crippen LogP contribution in [0.5, 0.6) is 0 Å². The number of rotatable bonds is 7. The molecule has 17 heavy (non-hydrogen) atoms. The summed E-state index contributed by atoms with van der Waals surface area (Å²) in [5, 5.41) is 3.21. The van der Waals surface area contributed by atoms with Gasteiger partial charge >= 0.3 is 5.97 Å². The molecule has 1 aromatic rings. The second-order valence-corrected chi connectivity index (χ2v) is 3.96. The molecule has 0 aliphatic heterocycles. The van der Waals surface area contributed by atoms with E-state index in [4.69, 9.17) is 4.74 Å². The summed E-state index contributed by atoms with van der Waals surface area (Å²) in [5.74, 6) is -0.192. The number of nitrogens with zero attached hydrogens (tertiary/aromatic N) is 1. The Morgan fingerprint density at radius 3 is 3.00 bits per heavy atom. The van der Waals surface area contributed by atoms with Crippen LogP contribution in [0.2, 0.25) is 0 Å². The summed E-state index contributed by atoms with van der Waals surface area (Å²) in [5.41, 5.74) is 1.07. The summed E-state index contributed by atoms with van der Waals surface area (Å²) in [6.45, 7) is 2.74. The molecule has 0 saturated heterocycles. The number of unbranched alkanes of at least 4 members (excludes halogenated alkanes) is 1. The fourth-order valence-electron chi connectivity index (χ4n) is 1.60. The normalized spacial score (nSPS) is 12.1. The molecule has 0 aliphatic carbocycles. The first-order chi connectivity index (χ1) is 8.27. The molecule has 4 heteroatoms. The van der Waals surface area contributed by atoms with Gasteiger partial charge in [0.1, 0.15) is 6.04 Å². The number of ether oxygens (including phenoxy) is 1. The van der Waals surface area contributed by atoms with Gasteiger partial charge in [-0.15, -0.1) is 0 Å². The Bertz CT molecular complexity index is 327. The Labute approximate surface area is 102 Å². The van der Waals surface area contributed by atoms with Crippen LogP contribution in [-0.4, -0.2) is 24.1 Å². The number of nitrogens with one attached hydrogen (secondary N) is 1. The highest BCUT2D eigenvalue weighted by molar-refractivity contribution is 5.75. The SMILES string of the molecule is CCCCC(NCc1cccnc1)C(=O)OC. The van der Waals surface area contributed by atoms with Crippen molar-refractivity contribution in [3.05, 3.63) is 30.1 Å². The maximum atomic E-state index is 11.5. The van der Waals surface area contributed by atoms with Gasteiger partial charge in [-0.05, 0) is 18.1 Å². The van der Waals surface area contributed by atoms with Gasteiger partial charge in [0.2, 0.25) is 0 Å². The molecule has 1 N–H and O–H groups in total. The van der Waals surface area contributed by atoms with Gasteiger partial charge in [-0.2, -0.15) is 0 Å². The molecule has 0 saturated carbocycles. The zero-order valence-electron chi connectivity index (χ0n) is 10.5. The van der Waals surface area contributed by atoms with Crippen LogP contribution in [0.15, 0.2) is 24.5 Å². The van der Waals surface area contributed by atoms with E-state index in [1.807, 2.05) is 12.1 Å².